The van der Waals surface area contributed by atoms with Crippen LogP contribution in [0.3, 0.4) is 0 Å². The fourth-order valence-corrected chi connectivity index (χ4v) is 3.98. The summed E-state index contributed by atoms with van der Waals surface area (Å²) in [5.74, 6) is -0.831. The van der Waals surface area contributed by atoms with Gasteiger partial charge in [0.15, 0.2) is 0 Å². The number of carboxylic acid groups (broad SMARTS) is 1. The zero-order chi connectivity index (χ0) is 27.2. The first-order chi connectivity index (χ1) is 18.1. The Hall–Kier alpha value is -2.10. The molecular formula is C33H56O4. The van der Waals surface area contributed by atoms with E-state index in [2.05, 4.69) is 56.4 Å². The lowest BCUT2D eigenvalue weighted by molar-refractivity contribution is -0.147. The third kappa shape index (κ3) is 28.3. The molecule has 1 N–H and O–H groups in total. The molecule has 212 valence electrons. The normalized spacial score (nSPS) is 12.9. The summed E-state index contributed by atoms with van der Waals surface area (Å²) in [6, 6.07) is 0. The number of hydrogen-bond acceptors (Lipinski definition) is 3. The predicted molar refractivity (Wildman–Crippen MR) is 158 cm³/mol. The van der Waals surface area contributed by atoms with E-state index in [0.717, 1.165) is 64.2 Å². The highest BCUT2D eigenvalue weighted by Crippen LogP contribution is 2.14. The van der Waals surface area contributed by atoms with Gasteiger partial charge in [0, 0.05) is 12.8 Å². The molecule has 0 radical (unpaired) electrons. The Morgan fingerprint density at radius 1 is 0.622 bits per heavy atom. The van der Waals surface area contributed by atoms with Gasteiger partial charge in [-0.15, -0.1) is 0 Å². The third-order valence-corrected chi connectivity index (χ3v) is 6.24. The highest BCUT2D eigenvalue weighted by molar-refractivity contribution is 5.69. The number of hydrogen-bond donors (Lipinski definition) is 1. The number of allylic oxidation sites excluding steroid dienone is 7. The lowest BCUT2D eigenvalue weighted by Gasteiger charge is -2.14. The van der Waals surface area contributed by atoms with Gasteiger partial charge in [0.05, 0.1) is 0 Å². The maximum Gasteiger partial charge on any atom is 0.306 e. The Bertz CT molecular complexity index is 645. The number of carbonyl (C=O) groups excluding carboxylic acids is 1. The van der Waals surface area contributed by atoms with E-state index in [0.29, 0.717) is 12.8 Å². The second kappa shape index (κ2) is 28.5. The molecule has 0 heterocycles. The van der Waals surface area contributed by atoms with E-state index in [1.165, 1.54) is 44.9 Å². The van der Waals surface area contributed by atoms with Crippen molar-refractivity contribution in [2.45, 2.75) is 148 Å². The maximum atomic E-state index is 12.4. The quantitative estimate of drug-likeness (QED) is 0.0705. The van der Waals surface area contributed by atoms with E-state index in [9.17, 15) is 9.59 Å². The van der Waals surface area contributed by atoms with Gasteiger partial charge in [-0.1, -0.05) is 108 Å². The summed E-state index contributed by atoms with van der Waals surface area (Å²) in [4.78, 5) is 23.1. The molecule has 0 aliphatic carbocycles. The molecular weight excluding hydrogens is 460 g/mol. The second-order valence-corrected chi connectivity index (χ2v) is 9.93. The minimum absolute atomic E-state index is 0.0990. The molecule has 0 aliphatic rings. The summed E-state index contributed by atoms with van der Waals surface area (Å²) >= 11 is 0. The largest absolute Gasteiger partial charge is 0.481 e. The summed E-state index contributed by atoms with van der Waals surface area (Å²) in [6.45, 7) is 4.40. The maximum absolute atomic E-state index is 12.4. The van der Waals surface area contributed by atoms with Crippen molar-refractivity contribution in [2.24, 2.45) is 0 Å². The first-order valence-electron chi connectivity index (χ1n) is 15.1. The molecule has 4 nitrogen and oxygen atoms in total. The fraction of sp³-hybridized carbons (Fsp3) is 0.697. The van der Waals surface area contributed by atoms with Gasteiger partial charge >= 0.3 is 11.9 Å². The van der Waals surface area contributed by atoms with Crippen LogP contribution in [0.1, 0.15) is 142 Å². The molecule has 37 heavy (non-hydrogen) atoms. The summed E-state index contributed by atoms with van der Waals surface area (Å²) < 4.78 is 5.79. The molecule has 0 saturated carbocycles. The first-order valence-corrected chi connectivity index (χ1v) is 15.1. The summed E-state index contributed by atoms with van der Waals surface area (Å²) in [5, 5.41) is 8.76. The zero-order valence-electron chi connectivity index (χ0n) is 24.0. The van der Waals surface area contributed by atoms with E-state index < -0.39 is 5.97 Å². The van der Waals surface area contributed by atoms with Gasteiger partial charge in [0.2, 0.25) is 0 Å². The Balaban J connectivity index is 4.13. The van der Waals surface area contributed by atoms with Gasteiger partial charge < -0.3 is 9.84 Å². The molecule has 0 amide bonds. The fourth-order valence-electron chi connectivity index (χ4n) is 3.98. The van der Waals surface area contributed by atoms with Crippen molar-refractivity contribution >= 4 is 11.9 Å². The molecule has 0 aromatic rings. The second-order valence-electron chi connectivity index (χ2n) is 9.93. The monoisotopic (exact) mass is 516 g/mol. The van der Waals surface area contributed by atoms with Crippen LogP contribution in [-0.2, 0) is 14.3 Å². The molecule has 0 bridgehead atoms. The topological polar surface area (TPSA) is 63.6 Å². The number of unbranched alkanes of at least 4 members (excludes halogenated alkanes) is 11. The highest BCUT2D eigenvalue weighted by Gasteiger charge is 2.11. The van der Waals surface area contributed by atoms with E-state index in [1.54, 1.807) is 0 Å². The van der Waals surface area contributed by atoms with Crippen LogP contribution in [0.15, 0.2) is 48.6 Å². The van der Waals surface area contributed by atoms with Crippen LogP contribution in [0, 0.1) is 0 Å². The smallest absolute Gasteiger partial charge is 0.306 e. The molecule has 4 heteroatoms. The minimum atomic E-state index is -0.732. The summed E-state index contributed by atoms with van der Waals surface area (Å²) in [5.41, 5.74) is 0. The molecule has 1 unspecified atom stereocenters. The van der Waals surface area contributed by atoms with Crippen molar-refractivity contribution in [2.75, 3.05) is 0 Å². The Kier molecular flexibility index (Phi) is 26.9. The number of aliphatic carboxylic acids is 1. The lowest BCUT2D eigenvalue weighted by Crippen LogP contribution is -2.16. The molecule has 0 fully saturated rings. The van der Waals surface area contributed by atoms with Crippen molar-refractivity contribution in [3.05, 3.63) is 48.6 Å². The number of carboxylic acids is 1. The van der Waals surface area contributed by atoms with Crippen LogP contribution in [0.5, 0.6) is 0 Å². The molecule has 0 rings (SSSR count). The predicted octanol–water partition coefficient (Wildman–Crippen LogP) is 10.0. The molecule has 1 atom stereocenters. The van der Waals surface area contributed by atoms with Gasteiger partial charge in [-0.3, -0.25) is 9.59 Å². The van der Waals surface area contributed by atoms with Crippen LogP contribution >= 0.6 is 0 Å². The molecule has 0 aromatic carbocycles. The Morgan fingerprint density at radius 3 is 1.86 bits per heavy atom. The van der Waals surface area contributed by atoms with Gasteiger partial charge in [0.1, 0.15) is 6.10 Å². The van der Waals surface area contributed by atoms with Gasteiger partial charge in [-0.25, -0.2) is 0 Å². The van der Waals surface area contributed by atoms with Gasteiger partial charge in [0.25, 0.3) is 0 Å². The van der Waals surface area contributed by atoms with Crippen LogP contribution in [0.25, 0.3) is 0 Å². The highest BCUT2D eigenvalue weighted by atomic mass is 16.5. The van der Waals surface area contributed by atoms with E-state index in [-0.39, 0.29) is 18.5 Å². The van der Waals surface area contributed by atoms with Gasteiger partial charge in [-0.2, -0.15) is 0 Å². The van der Waals surface area contributed by atoms with Crippen molar-refractivity contribution in [1.29, 1.82) is 0 Å². The average Bonchev–Trinajstić information content (AvgIpc) is 2.87. The minimum Gasteiger partial charge on any atom is -0.481 e. The van der Waals surface area contributed by atoms with Crippen molar-refractivity contribution in [3.8, 4) is 0 Å². The molecule has 0 aliphatic heterocycles. The number of esters is 1. The van der Waals surface area contributed by atoms with E-state index >= 15 is 0 Å². The van der Waals surface area contributed by atoms with Crippen LogP contribution in [-0.4, -0.2) is 23.1 Å². The van der Waals surface area contributed by atoms with Crippen molar-refractivity contribution in [1.82, 2.24) is 0 Å². The Labute approximate surface area is 228 Å². The van der Waals surface area contributed by atoms with Crippen LogP contribution < -0.4 is 0 Å². The lowest BCUT2D eigenvalue weighted by atomic mass is 10.1. The average molecular weight is 517 g/mol. The van der Waals surface area contributed by atoms with E-state index in [1.807, 2.05) is 6.08 Å². The Morgan fingerprint density at radius 2 is 1.19 bits per heavy atom. The molecule has 0 spiro atoms. The summed E-state index contributed by atoms with van der Waals surface area (Å²) in [7, 11) is 0. The zero-order valence-corrected chi connectivity index (χ0v) is 24.0. The molecule has 0 saturated heterocycles. The number of ether oxygens (including phenoxy) is 1. The number of carbonyl (C=O) groups is 2. The van der Waals surface area contributed by atoms with Crippen molar-refractivity contribution in [3.63, 3.8) is 0 Å². The molecule has 0 aromatic heterocycles. The standard InChI is InChI=1S/C33H56O4/c1-3-5-7-9-11-12-13-14-15-16-18-20-26-30-33(36)37-31(27-23-19-17-10-8-6-4-2)28-24-21-22-25-29-32(34)35/h7,9-10,12-13,17,23,27,31H,3-6,8,11,14-16,18-22,24-26,28-30H2,1-2H3,(H,34,35)/b9-7-,13-12-,17-10-,27-23-. The third-order valence-electron chi connectivity index (χ3n) is 6.24. The van der Waals surface area contributed by atoms with Gasteiger partial charge in [-0.05, 0) is 70.3 Å². The van der Waals surface area contributed by atoms with Crippen LogP contribution in [0.2, 0.25) is 0 Å². The number of rotatable bonds is 26. The van der Waals surface area contributed by atoms with E-state index in [4.69, 9.17) is 9.84 Å². The summed E-state index contributed by atoms with van der Waals surface area (Å²) in [6.07, 6.45) is 37.0. The first kappa shape index (κ1) is 34.9. The van der Waals surface area contributed by atoms with Crippen LogP contribution in [0.4, 0.5) is 0 Å². The van der Waals surface area contributed by atoms with Crippen molar-refractivity contribution < 1.29 is 19.4 Å². The SMILES string of the molecule is CCC/C=C\C/C=C\CCCCCCCC(=O)OC(/C=C\C/C=C\CCCC)CCCCCCC(=O)O.